The summed E-state index contributed by atoms with van der Waals surface area (Å²) < 4.78 is 5.47. The van der Waals surface area contributed by atoms with E-state index in [1.165, 1.54) is 17.2 Å². The van der Waals surface area contributed by atoms with Crippen LogP contribution in [0.15, 0.2) is 60.7 Å². The first-order chi connectivity index (χ1) is 15.9. The number of fused-ring (bicyclic) bond motifs is 3. The molecule has 33 heavy (non-hydrogen) atoms. The molecular weight excluding hydrogens is 420 g/mol. The summed E-state index contributed by atoms with van der Waals surface area (Å²) in [5, 5.41) is 11.9. The summed E-state index contributed by atoms with van der Waals surface area (Å²) >= 11 is 0. The van der Waals surface area contributed by atoms with Crippen molar-refractivity contribution in [3.8, 4) is 11.1 Å². The molecular formula is C26H28N2O5. The van der Waals surface area contributed by atoms with Crippen LogP contribution in [0.1, 0.15) is 30.4 Å². The summed E-state index contributed by atoms with van der Waals surface area (Å²) in [5.74, 6) is -1.54. The minimum atomic E-state index is -0.875. The van der Waals surface area contributed by atoms with Crippen LogP contribution in [-0.4, -0.2) is 54.2 Å². The normalized spacial score (nSPS) is 19.7. The van der Waals surface area contributed by atoms with Crippen LogP contribution in [0.2, 0.25) is 0 Å². The van der Waals surface area contributed by atoms with Crippen LogP contribution in [0, 0.1) is 11.8 Å². The van der Waals surface area contributed by atoms with E-state index >= 15 is 0 Å². The maximum atomic E-state index is 12.4. The van der Waals surface area contributed by atoms with E-state index in [1.807, 2.05) is 31.2 Å². The molecule has 1 heterocycles. The standard InChI is InChI=1S/C26H28N2O5/c1-17-13-18(25(30)31)15-28(14-17)24(29)11-6-12-27-26(32)33-16-23-21-9-4-2-7-19(21)20-8-3-5-10-22(20)23/h2-11,17-18,23H,12-16H2,1H3,(H,27,32)(H,30,31)/b11-6+. The van der Waals surface area contributed by atoms with Crippen molar-refractivity contribution in [1.82, 2.24) is 10.2 Å². The highest BCUT2D eigenvalue weighted by molar-refractivity contribution is 5.88. The zero-order valence-corrected chi connectivity index (χ0v) is 18.6. The minimum Gasteiger partial charge on any atom is -0.481 e. The quantitative estimate of drug-likeness (QED) is 0.658. The number of carboxylic acid groups (broad SMARTS) is 1. The topological polar surface area (TPSA) is 95.9 Å². The Morgan fingerprint density at radius 1 is 1.06 bits per heavy atom. The Kier molecular flexibility index (Phi) is 6.77. The number of likely N-dealkylation sites (tertiary alicyclic amines) is 1. The first-order valence-corrected chi connectivity index (χ1v) is 11.2. The van der Waals surface area contributed by atoms with Gasteiger partial charge in [-0.1, -0.05) is 61.5 Å². The van der Waals surface area contributed by atoms with Gasteiger partial charge in [-0.2, -0.15) is 0 Å². The minimum absolute atomic E-state index is 0.0106. The molecule has 0 bridgehead atoms. The van der Waals surface area contributed by atoms with Crippen molar-refractivity contribution in [3.05, 3.63) is 71.8 Å². The molecule has 4 rings (SSSR count). The summed E-state index contributed by atoms with van der Waals surface area (Å²) in [4.78, 5) is 37.4. The number of alkyl carbamates (subject to hydrolysis) is 1. The van der Waals surface area contributed by atoms with Gasteiger partial charge in [0.2, 0.25) is 5.91 Å². The summed E-state index contributed by atoms with van der Waals surface area (Å²) in [5.41, 5.74) is 4.63. The van der Waals surface area contributed by atoms with Crippen molar-refractivity contribution in [1.29, 1.82) is 0 Å². The summed E-state index contributed by atoms with van der Waals surface area (Å²) in [6.07, 6.45) is 2.96. The number of carbonyl (C=O) groups is 3. The smallest absolute Gasteiger partial charge is 0.407 e. The summed E-state index contributed by atoms with van der Waals surface area (Å²) in [6.45, 7) is 3.06. The predicted molar refractivity (Wildman–Crippen MR) is 124 cm³/mol. The van der Waals surface area contributed by atoms with E-state index in [0.717, 1.165) is 11.1 Å². The number of hydrogen-bond acceptors (Lipinski definition) is 4. The molecule has 1 aliphatic carbocycles. The summed E-state index contributed by atoms with van der Waals surface area (Å²) in [6, 6.07) is 16.3. The molecule has 2 atom stereocenters. The van der Waals surface area contributed by atoms with Crippen LogP contribution in [0.25, 0.3) is 11.1 Å². The van der Waals surface area contributed by atoms with Gasteiger partial charge in [0.1, 0.15) is 6.61 Å². The zero-order valence-electron chi connectivity index (χ0n) is 18.6. The molecule has 172 valence electrons. The molecule has 1 fully saturated rings. The van der Waals surface area contributed by atoms with E-state index in [9.17, 15) is 19.5 Å². The zero-order chi connectivity index (χ0) is 23.4. The van der Waals surface area contributed by atoms with Gasteiger partial charge >= 0.3 is 12.1 Å². The van der Waals surface area contributed by atoms with Gasteiger partial charge in [0.15, 0.2) is 0 Å². The molecule has 2 aliphatic rings. The molecule has 0 spiro atoms. The largest absolute Gasteiger partial charge is 0.481 e. The molecule has 1 saturated heterocycles. The van der Waals surface area contributed by atoms with Crippen LogP contribution in [-0.2, 0) is 14.3 Å². The molecule has 2 N–H and O–H groups in total. The van der Waals surface area contributed by atoms with E-state index in [4.69, 9.17) is 4.74 Å². The average molecular weight is 449 g/mol. The first-order valence-electron chi connectivity index (χ1n) is 11.2. The highest BCUT2D eigenvalue weighted by atomic mass is 16.5. The number of aliphatic carboxylic acids is 1. The second kappa shape index (κ2) is 9.90. The number of nitrogens with one attached hydrogen (secondary N) is 1. The number of piperidine rings is 1. The average Bonchev–Trinajstić information content (AvgIpc) is 3.13. The number of carbonyl (C=O) groups excluding carboxylic acids is 2. The molecule has 2 unspecified atom stereocenters. The summed E-state index contributed by atoms with van der Waals surface area (Å²) in [7, 11) is 0. The molecule has 2 aromatic carbocycles. The lowest BCUT2D eigenvalue weighted by Crippen LogP contribution is -2.45. The molecule has 7 nitrogen and oxygen atoms in total. The Labute approximate surface area is 193 Å². The van der Waals surface area contributed by atoms with Crippen molar-refractivity contribution in [2.75, 3.05) is 26.2 Å². The van der Waals surface area contributed by atoms with Gasteiger partial charge in [-0.15, -0.1) is 0 Å². The second-order valence-corrected chi connectivity index (χ2v) is 8.73. The number of benzene rings is 2. The lowest BCUT2D eigenvalue weighted by atomic mass is 9.90. The number of hydrogen-bond donors (Lipinski definition) is 2. The first kappa shape index (κ1) is 22.6. The third kappa shape index (κ3) is 5.08. The Balaban J connectivity index is 1.26. The van der Waals surface area contributed by atoms with Gasteiger partial charge in [-0.05, 0) is 34.6 Å². The van der Waals surface area contributed by atoms with E-state index < -0.39 is 18.0 Å². The number of rotatable bonds is 6. The Bertz CT molecular complexity index is 1030. The van der Waals surface area contributed by atoms with Gasteiger partial charge in [0.05, 0.1) is 5.92 Å². The Hall–Kier alpha value is -3.61. The third-order valence-electron chi connectivity index (χ3n) is 6.29. The Morgan fingerprint density at radius 3 is 2.33 bits per heavy atom. The molecule has 0 saturated carbocycles. The fourth-order valence-electron chi connectivity index (χ4n) is 4.77. The van der Waals surface area contributed by atoms with Gasteiger partial charge in [0, 0.05) is 31.6 Å². The van der Waals surface area contributed by atoms with Gasteiger partial charge in [-0.25, -0.2) is 4.79 Å². The van der Waals surface area contributed by atoms with Crippen LogP contribution in [0.3, 0.4) is 0 Å². The maximum Gasteiger partial charge on any atom is 0.407 e. The van der Waals surface area contributed by atoms with Gasteiger partial charge in [0.25, 0.3) is 0 Å². The van der Waals surface area contributed by atoms with E-state index in [1.54, 1.807) is 11.0 Å². The molecule has 0 radical (unpaired) electrons. The van der Waals surface area contributed by atoms with Crippen molar-refractivity contribution >= 4 is 18.0 Å². The van der Waals surface area contributed by atoms with Crippen LogP contribution in [0.5, 0.6) is 0 Å². The van der Waals surface area contributed by atoms with E-state index in [-0.39, 0.29) is 37.4 Å². The number of ether oxygens (including phenoxy) is 1. The van der Waals surface area contributed by atoms with Crippen LogP contribution < -0.4 is 5.32 Å². The fourth-order valence-corrected chi connectivity index (χ4v) is 4.77. The van der Waals surface area contributed by atoms with Crippen molar-refractivity contribution in [2.45, 2.75) is 19.3 Å². The molecule has 2 amide bonds. The van der Waals surface area contributed by atoms with E-state index in [2.05, 4.69) is 29.6 Å². The highest BCUT2D eigenvalue weighted by Gasteiger charge is 2.31. The predicted octanol–water partition coefficient (Wildman–Crippen LogP) is 3.65. The lowest BCUT2D eigenvalue weighted by Gasteiger charge is -2.34. The molecule has 1 aliphatic heterocycles. The highest BCUT2D eigenvalue weighted by Crippen LogP contribution is 2.44. The van der Waals surface area contributed by atoms with Gasteiger partial charge < -0.3 is 20.1 Å². The fraction of sp³-hybridized carbons (Fsp3) is 0.346. The molecule has 2 aromatic rings. The number of nitrogens with zero attached hydrogens (tertiary/aromatic N) is 1. The van der Waals surface area contributed by atoms with Gasteiger partial charge in [-0.3, -0.25) is 9.59 Å². The van der Waals surface area contributed by atoms with E-state index in [0.29, 0.717) is 13.0 Å². The number of amides is 2. The van der Waals surface area contributed by atoms with Crippen molar-refractivity contribution in [2.24, 2.45) is 11.8 Å². The molecule has 0 aromatic heterocycles. The number of carboxylic acids is 1. The monoisotopic (exact) mass is 448 g/mol. The van der Waals surface area contributed by atoms with Crippen LogP contribution >= 0.6 is 0 Å². The van der Waals surface area contributed by atoms with Crippen molar-refractivity contribution < 1.29 is 24.2 Å². The van der Waals surface area contributed by atoms with Crippen LogP contribution in [0.4, 0.5) is 4.79 Å². The SMILES string of the molecule is CC1CC(C(=O)O)CN(C(=O)/C=C/CNC(=O)OCC2c3ccccc3-c3ccccc32)C1. The maximum absolute atomic E-state index is 12.4. The van der Waals surface area contributed by atoms with Crippen molar-refractivity contribution in [3.63, 3.8) is 0 Å². The Morgan fingerprint density at radius 2 is 1.70 bits per heavy atom. The third-order valence-corrected chi connectivity index (χ3v) is 6.29. The molecule has 7 heteroatoms. The second-order valence-electron chi connectivity index (χ2n) is 8.73. The lowest BCUT2D eigenvalue weighted by molar-refractivity contribution is -0.145.